The number of rotatable bonds is 5. The predicted molar refractivity (Wildman–Crippen MR) is 92.9 cm³/mol. The van der Waals surface area contributed by atoms with E-state index in [1.807, 2.05) is 12.1 Å². The normalized spacial score (nSPS) is 53.0. The molecule has 10 atom stereocenters. The van der Waals surface area contributed by atoms with Gasteiger partial charge in [-0.15, -0.1) is 0 Å². The van der Waals surface area contributed by atoms with Crippen molar-refractivity contribution in [1.82, 2.24) is 4.90 Å². The molecule has 138 valence electrons. The van der Waals surface area contributed by atoms with E-state index >= 15 is 0 Å². The molecule has 7 fully saturated rings. The lowest BCUT2D eigenvalue weighted by molar-refractivity contribution is -0.134. The van der Waals surface area contributed by atoms with Gasteiger partial charge in [-0.2, -0.15) is 0 Å². The fraction of sp³-hybridized carbons (Fsp3) is 0.714. The second-order valence-electron chi connectivity index (χ2n) is 9.36. The number of hydrogen-bond donors (Lipinski definition) is 1. The van der Waals surface area contributed by atoms with E-state index in [1.165, 1.54) is 6.42 Å². The van der Waals surface area contributed by atoms with E-state index in [0.29, 0.717) is 35.1 Å². The summed E-state index contributed by atoms with van der Waals surface area (Å²) in [6, 6.07) is 4.69. The van der Waals surface area contributed by atoms with Crippen molar-refractivity contribution in [3.8, 4) is 17.2 Å². The first-order valence-corrected chi connectivity index (χ1v) is 9.93. The minimum Gasteiger partial charge on any atom is -0.493 e. The summed E-state index contributed by atoms with van der Waals surface area (Å²) in [6.45, 7) is 0.775. The average molecular weight is 355 g/mol. The molecular formula is C21H25NO4. The first-order valence-electron chi connectivity index (χ1n) is 9.93. The van der Waals surface area contributed by atoms with Crippen LogP contribution >= 0.6 is 0 Å². The Labute approximate surface area is 153 Å². The molecule has 10 unspecified atom stereocenters. The highest BCUT2D eigenvalue weighted by Gasteiger charge is 2.93. The molecule has 2 saturated heterocycles. The molecule has 5 heteroatoms. The summed E-state index contributed by atoms with van der Waals surface area (Å²) >= 11 is 0. The number of ether oxygens (including phenoxy) is 3. The van der Waals surface area contributed by atoms with E-state index in [-0.39, 0.29) is 0 Å². The molecular weight excluding hydrogens is 330 g/mol. The third kappa shape index (κ3) is 1.17. The fourth-order valence-corrected chi connectivity index (χ4v) is 9.19. The van der Waals surface area contributed by atoms with Crippen molar-refractivity contribution < 1.29 is 19.3 Å². The van der Waals surface area contributed by atoms with Crippen LogP contribution in [0.1, 0.15) is 12.0 Å². The van der Waals surface area contributed by atoms with Gasteiger partial charge in [0.15, 0.2) is 11.5 Å². The first-order chi connectivity index (χ1) is 12.6. The highest BCUT2D eigenvalue weighted by molar-refractivity contribution is 5.54. The summed E-state index contributed by atoms with van der Waals surface area (Å²) in [5.74, 6) is 8.16. The molecule has 5 saturated carbocycles. The summed E-state index contributed by atoms with van der Waals surface area (Å²) in [5.41, 5.74) is 0.589. The molecule has 5 nitrogen and oxygen atoms in total. The van der Waals surface area contributed by atoms with Crippen molar-refractivity contribution in [2.24, 2.45) is 47.3 Å². The zero-order chi connectivity index (χ0) is 17.5. The van der Waals surface area contributed by atoms with Crippen LogP contribution in [0.25, 0.3) is 0 Å². The molecule has 0 amide bonds. The van der Waals surface area contributed by atoms with Crippen LogP contribution in [0.5, 0.6) is 17.2 Å². The Morgan fingerprint density at radius 2 is 1.69 bits per heavy atom. The monoisotopic (exact) mass is 355 g/mol. The molecule has 4 bridgehead atoms. The lowest BCUT2D eigenvalue weighted by Gasteiger charge is -2.45. The Bertz CT molecular complexity index is 816. The van der Waals surface area contributed by atoms with E-state index in [4.69, 9.17) is 14.2 Å². The molecule has 0 aromatic heterocycles. The van der Waals surface area contributed by atoms with Crippen LogP contribution in [0.4, 0.5) is 0 Å². The second-order valence-corrected chi connectivity index (χ2v) is 9.36. The average Bonchev–Trinajstić information content (AvgIpc) is 3.28. The molecule has 0 spiro atoms. The summed E-state index contributed by atoms with van der Waals surface area (Å²) < 4.78 is 16.5. The molecule has 2 heterocycles. The molecule has 1 aromatic carbocycles. The molecule has 1 N–H and O–H groups in total. The molecule has 8 rings (SSSR count). The van der Waals surface area contributed by atoms with Crippen molar-refractivity contribution in [3.63, 3.8) is 0 Å². The van der Waals surface area contributed by atoms with Gasteiger partial charge < -0.3 is 19.3 Å². The Kier molecular flexibility index (Phi) is 2.34. The van der Waals surface area contributed by atoms with Crippen molar-refractivity contribution in [1.29, 1.82) is 0 Å². The standard InChI is InChI=1S/C21H25NO4/c1-24-11-4-8(5-12(25-2)20(11)26-3)7-22-19-15-9-6-10-14-13(9)16(19)18(14)21(22,23)17(10)15/h4-5,9-10,13-19,23H,6-7H2,1-3H3. The summed E-state index contributed by atoms with van der Waals surface area (Å²) in [5, 5.41) is 11.8. The van der Waals surface area contributed by atoms with Gasteiger partial charge in [-0.05, 0) is 59.6 Å². The van der Waals surface area contributed by atoms with Gasteiger partial charge in [0.2, 0.25) is 5.75 Å². The number of hydrogen-bond acceptors (Lipinski definition) is 5. The van der Waals surface area contributed by atoms with Crippen molar-refractivity contribution in [3.05, 3.63) is 17.7 Å². The maximum atomic E-state index is 11.8. The van der Waals surface area contributed by atoms with Gasteiger partial charge in [-0.1, -0.05) is 0 Å². The topological polar surface area (TPSA) is 51.2 Å². The number of aliphatic hydroxyl groups is 1. The fourth-order valence-electron chi connectivity index (χ4n) is 9.19. The van der Waals surface area contributed by atoms with Gasteiger partial charge in [0.25, 0.3) is 0 Å². The first kappa shape index (κ1) is 14.6. The molecule has 1 aromatic rings. The zero-order valence-corrected chi connectivity index (χ0v) is 15.4. The van der Waals surface area contributed by atoms with Crippen molar-refractivity contribution in [2.75, 3.05) is 21.3 Å². The van der Waals surface area contributed by atoms with Crippen LogP contribution in [-0.2, 0) is 6.54 Å². The van der Waals surface area contributed by atoms with Crippen molar-refractivity contribution >= 4 is 0 Å². The van der Waals surface area contributed by atoms with Crippen LogP contribution in [0, 0.1) is 47.3 Å². The highest BCUT2D eigenvalue weighted by atomic mass is 16.5. The van der Waals surface area contributed by atoms with Gasteiger partial charge in [0, 0.05) is 24.4 Å². The quantitative estimate of drug-likeness (QED) is 0.875. The largest absolute Gasteiger partial charge is 0.493 e. The third-order valence-electron chi connectivity index (χ3n) is 9.29. The third-order valence-corrected chi connectivity index (χ3v) is 9.29. The van der Waals surface area contributed by atoms with Gasteiger partial charge in [-0.25, -0.2) is 0 Å². The second kappa shape index (κ2) is 4.17. The molecule has 5 aliphatic carbocycles. The van der Waals surface area contributed by atoms with E-state index < -0.39 is 5.72 Å². The smallest absolute Gasteiger partial charge is 0.203 e. The van der Waals surface area contributed by atoms with E-state index in [0.717, 1.165) is 47.6 Å². The lowest BCUT2D eigenvalue weighted by atomic mass is 9.59. The Morgan fingerprint density at radius 3 is 2.35 bits per heavy atom. The Hall–Kier alpha value is -1.46. The van der Waals surface area contributed by atoms with E-state index in [2.05, 4.69) is 4.90 Å². The summed E-state index contributed by atoms with van der Waals surface area (Å²) in [6.07, 6.45) is 1.41. The van der Waals surface area contributed by atoms with Crippen LogP contribution in [0.3, 0.4) is 0 Å². The molecule has 26 heavy (non-hydrogen) atoms. The van der Waals surface area contributed by atoms with Crippen LogP contribution in [0.15, 0.2) is 12.1 Å². The zero-order valence-electron chi connectivity index (χ0n) is 15.4. The molecule has 2 aliphatic heterocycles. The van der Waals surface area contributed by atoms with Gasteiger partial charge in [0.1, 0.15) is 5.72 Å². The minimum absolute atomic E-state index is 0.544. The SMILES string of the molecule is COc1cc(CN2C3C4C5CC6C7C5C3C7C2(O)C64)cc(OC)c1OC. The van der Waals surface area contributed by atoms with E-state index in [1.54, 1.807) is 21.3 Å². The Morgan fingerprint density at radius 1 is 0.962 bits per heavy atom. The molecule has 0 radical (unpaired) electrons. The van der Waals surface area contributed by atoms with Gasteiger partial charge in [-0.3, -0.25) is 4.90 Å². The predicted octanol–water partition coefficient (Wildman–Crippen LogP) is 1.97. The lowest BCUT2D eigenvalue weighted by Crippen LogP contribution is -2.50. The van der Waals surface area contributed by atoms with Crippen molar-refractivity contribution in [2.45, 2.75) is 24.7 Å². The maximum Gasteiger partial charge on any atom is 0.203 e. The highest BCUT2D eigenvalue weighted by Crippen LogP contribution is 2.90. The van der Waals surface area contributed by atoms with Crippen LogP contribution in [-0.4, -0.2) is 43.1 Å². The molecule has 7 aliphatic rings. The Balaban J connectivity index is 1.29. The van der Waals surface area contributed by atoms with Gasteiger partial charge >= 0.3 is 0 Å². The number of methoxy groups -OCH3 is 3. The summed E-state index contributed by atoms with van der Waals surface area (Å²) in [7, 11) is 4.95. The number of benzene rings is 1. The maximum absolute atomic E-state index is 11.8. The van der Waals surface area contributed by atoms with E-state index in [9.17, 15) is 5.11 Å². The minimum atomic E-state index is -0.544. The summed E-state index contributed by atoms with van der Waals surface area (Å²) in [4.78, 5) is 2.48. The van der Waals surface area contributed by atoms with Crippen LogP contribution in [0.2, 0.25) is 0 Å². The van der Waals surface area contributed by atoms with Crippen LogP contribution < -0.4 is 14.2 Å². The van der Waals surface area contributed by atoms with Gasteiger partial charge in [0.05, 0.1) is 21.3 Å². The number of nitrogens with zero attached hydrogens (tertiary/aromatic N) is 1.